The number of carbonyl (C=O) groups is 1. The smallest absolute Gasteiger partial charge is 0.279 e. The molecule has 2 atom stereocenters. The summed E-state index contributed by atoms with van der Waals surface area (Å²) >= 11 is 0. The molecule has 1 amide bonds. The Morgan fingerprint density at radius 1 is 1.21 bits per heavy atom. The number of hydrogen-bond acceptors (Lipinski definition) is 3. The molecule has 1 fully saturated rings. The van der Waals surface area contributed by atoms with Gasteiger partial charge in [0.1, 0.15) is 17.5 Å². The van der Waals surface area contributed by atoms with Crippen LogP contribution < -0.4 is 19.7 Å². The summed E-state index contributed by atoms with van der Waals surface area (Å²) in [6.45, 7) is 7.77. The van der Waals surface area contributed by atoms with E-state index in [2.05, 4.69) is 31.3 Å². The van der Waals surface area contributed by atoms with Crippen molar-refractivity contribution in [3.63, 3.8) is 0 Å². The van der Waals surface area contributed by atoms with Crippen molar-refractivity contribution in [2.24, 2.45) is 0 Å². The number of rotatable bonds is 7. The first kappa shape index (κ1) is 21.2. The van der Waals surface area contributed by atoms with Crippen molar-refractivity contribution < 1.29 is 19.2 Å². The number of aryl methyl sites for hydroxylation is 1. The minimum absolute atomic E-state index is 0.0602. The molecule has 2 N–H and O–H groups in total. The van der Waals surface area contributed by atoms with Crippen LogP contribution in [0.25, 0.3) is 0 Å². The van der Waals surface area contributed by atoms with E-state index < -0.39 is 0 Å². The molecule has 29 heavy (non-hydrogen) atoms. The van der Waals surface area contributed by atoms with Crippen molar-refractivity contribution in [3.05, 3.63) is 53.1 Å². The SMILES string of the molecule is COc1ccc(OC)c([C@H]2CCC[NH+]2CC(=O)Nc2c(C)cccc2C(C)C)c1. The van der Waals surface area contributed by atoms with Crippen molar-refractivity contribution in [2.75, 3.05) is 32.6 Å². The van der Waals surface area contributed by atoms with Crippen LogP contribution in [-0.4, -0.2) is 33.2 Å². The van der Waals surface area contributed by atoms with Gasteiger partial charge in [0, 0.05) is 18.5 Å². The molecule has 1 heterocycles. The van der Waals surface area contributed by atoms with Crippen LogP contribution in [0.1, 0.15) is 55.3 Å². The summed E-state index contributed by atoms with van der Waals surface area (Å²) in [5.41, 5.74) is 4.36. The van der Waals surface area contributed by atoms with Crippen LogP contribution >= 0.6 is 0 Å². The predicted octanol–water partition coefficient (Wildman–Crippen LogP) is 3.49. The zero-order valence-corrected chi connectivity index (χ0v) is 18.2. The second-order valence-electron chi connectivity index (χ2n) is 8.13. The molecule has 0 spiro atoms. The topological polar surface area (TPSA) is 52.0 Å². The summed E-state index contributed by atoms with van der Waals surface area (Å²) in [6, 6.07) is 12.3. The summed E-state index contributed by atoms with van der Waals surface area (Å²) in [4.78, 5) is 14.2. The number of ether oxygens (including phenoxy) is 2. The maximum Gasteiger partial charge on any atom is 0.279 e. The number of methoxy groups -OCH3 is 2. The largest absolute Gasteiger partial charge is 0.497 e. The first-order chi connectivity index (χ1) is 13.9. The van der Waals surface area contributed by atoms with Crippen molar-refractivity contribution in [3.8, 4) is 11.5 Å². The summed E-state index contributed by atoms with van der Waals surface area (Å²) < 4.78 is 11.0. The third-order valence-electron chi connectivity index (χ3n) is 5.87. The normalized spacial score (nSPS) is 18.7. The second-order valence-corrected chi connectivity index (χ2v) is 8.13. The van der Waals surface area contributed by atoms with Gasteiger partial charge < -0.3 is 19.7 Å². The molecule has 5 nitrogen and oxygen atoms in total. The van der Waals surface area contributed by atoms with Crippen molar-refractivity contribution in [1.82, 2.24) is 0 Å². The second kappa shape index (κ2) is 9.31. The van der Waals surface area contributed by atoms with Crippen molar-refractivity contribution in [2.45, 2.75) is 45.6 Å². The highest BCUT2D eigenvalue weighted by Gasteiger charge is 2.34. The number of anilines is 1. The minimum atomic E-state index is 0.0602. The van der Waals surface area contributed by atoms with Crippen LogP contribution in [0.2, 0.25) is 0 Å². The van der Waals surface area contributed by atoms with E-state index in [1.165, 1.54) is 10.5 Å². The van der Waals surface area contributed by atoms with Gasteiger partial charge >= 0.3 is 0 Å². The quantitative estimate of drug-likeness (QED) is 0.752. The lowest BCUT2D eigenvalue weighted by Crippen LogP contribution is -3.11. The number of benzene rings is 2. The van der Waals surface area contributed by atoms with E-state index in [1.54, 1.807) is 14.2 Å². The minimum Gasteiger partial charge on any atom is -0.497 e. The summed E-state index contributed by atoms with van der Waals surface area (Å²) in [7, 11) is 3.37. The third kappa shape index (κ3) is 4.73. The average Bonchev–Trinajstić information content (AvgIpc) is 3.16. The van der Waals surface area contributed by atoms with Gasteiger partial charge in [0.05, 0.1) is 26.3 Å². The van der Waals surface area contributed by atoms with Crippen LogP contribution in [0.4, 0.5) is 5.69 Å². The van der Waals surface area contributed by atoms with E-state index in [9.17, 15) is 4.79 Å². The van der Waals surface area contributed by atoms with Gasteiger partial charge in [-0.15, -0.1) is 0 Å². The number of likely N-dealkylation sites (tertiary alicyclic amines) is 1. The molecule has 156 valence electrons. The van der Waals surface area contributed by atoms with E-state index in [-0.39, 0.29) is 11.9 Å². The lowest BCUT2D eigenvalue weighted by molar-refractivity contribution is -0.910. The fraction of sp³-hybridized carbons (Fsp3) is 0.458. The van der Waals surface area contributed by atoms with E-state index in [4.69, 9.17) is 9.47 Å². The highest BCUT2D eigenvalue weighted by Crippen LogP contribution is 2.32. The molecule has 0 saturated carbocycles. The number of quaternary nitrogens is 1. The first-order valence-electron chi connectivity index (χ1n) is 10.4. The van der Waals surface area contributed by atoms with Crippen LogP contribution in [-0.2, 0) is 4.79 Å². The zero-order valence-electron chi connectivity index (χ0n) is 18.2. The van der Waals surface area contributed by atoms with Crippen LogP contribution in [0.3, 0.4) is 0 Å². The van der Waals surface area contributed by atoms with E-state index in [1.807, 2.05) is 31.2 Å². The summed E-state index contributed by atoms with van der Waals surface area (Å²) in [5.74, 6) is 2.10. The number of hydrogen-bond donors (Lipinski definition) is 2. The highest BCUT2D eigenvalue weighted by atomic mass is 16.5. The van der Waals surface area contributed by atoms with Crippen molar-refractivity contribution in [1.29, 1.82) is 0 Å². The third-order valence-corrected chi connectivity index (χ3v) is 5.87. The Labute approximate surface area is 174 Å². The Balaban J connectivity index is 1.78. The van der Waals surface area contributed by atoms with E-state index in [0.29, 0.717) is 12.5 Å². The molecular formula is C24H33N2O3+. The molecule has 1 aliphatic rings. The van der Waals surface area contributed by atoms with Gasteiger partial charge in [0.25, 0.3) is 5.91 Å². The highest BCUT2D eigenvalue weighted by molar-refractivity contribution is 5.93. The molecule has 0 aromatic heterocycles. The summed E-state index contributed by atoms with van der Waals surface area (Å²) in [6.07, 6.45) is 2.13. The maximum atomic E-state index is 13.0. The Hall–Kier alpha value is -2.53. The molecule has 0 aliphatic carbocycles. The Kier molecular flexibility index (Phi) is 6.80. The van der Waals surface area contributed by atoms with Gasteiger partial charge in [-0.05, 0) is 42.2 Å². The molecule has 0 radical (unpaired) electrons. The Morgan fingerprint density at radius 2 is 2.00 bits per heavy atom. The van der Waals surface area contributed by atoms with E-state index >= 15 is 0 Å². The number of nitrogens with one attached hydrogen (secondary N) is 2. The lowest BCUT2D eigenvalue weighted by atomic mass is 9.98. The van der Waals surface area contributed by atoms with Crippen LogP contribution in [0, 0.1) is 6.92 Å². The molecular weight excluding hydrogens is 364 g/mol. The Morgan fingerprint density at radius 3 is 2.69 bits per heavy atom. The first-order valence-corrected chi connectivity index (χ1v) is 10.4. The van der Waals surface area contributed by atoms with Gasteiger partial charge in [0.15, 0.2) is 6.54 Å². The maximum absolute atomic E-state index is 13.0. The molecule has 1 saturated heterocycles. The number of carbonyl (C=O) groups excluding carboxylic acids is 1. The average molecular weight is 398 g/mol. The molecule has 2 aromatic rings. The summed E-state index contributed by atoms with van der Waals surface area (Å²) in [5, 5.41) is 3.19. The van der Waals surface area contributed by atoms with E-state index in [0.717, 1.165) is 47.7 Å². The van der Waals surface area contributed by atoms with Gasteiger partial charge in [-0.3, -0.25) is 4.79 Å². The molecule has 3 rings (SSSR count). The lowest BCUT2D eigenvalue weighted by Gasteiger charge is -2.24. The fourth-order valence-corrected chi connectivity index (χ4v) is 4.34. The standard InChI is InChI=1S/C24H32N2O3/c1-16(2)19-9-6-8-17(3)24(19)25-23(27)15-26-13-7-10-21(26)20-14-18(28-4)11-12-22(20)29-5/h6,8-9,11-12,14,16,21H,7,10,13,15H2,1-5H3,(H,25,27)/p+1/t21-/m1/s1. The van der Waals surface area contributed by atoms with Gasteiger partial charge in [-0.2, -0.15) is 0 Å². The molecule has 1 aliphatic heterocycles. The number of para-hydroxylation sites is 1. The predicted molar refractivity (Wildman–Crippen MR) is 116 cm³/mol. The molecule has 0 bridgehead atoms. The van der Waals surface area contributed by atoms with Crippen molar-refractivity contribution >= 4 is 11.6 Å². The van der Waals surface area contributed by atoms with Gasteiger partial charge in [-0.1, -0.05) is 32.0 Å². The fourth-order valence-electron chi connectivity index (χ4n) is 4.34. The molecule has 2 aromatic carbocycles. The van der Waals surface area contributed by atoms with Crippen LogP contribution in [0.5, 0.6) is 11.5 Å². The Bertz CT molecular complexity index is 863. The van der Waals surface area contributed by atoms with Gasteiger partial charge in [-0.25, -0.2) is 0 Å². The molecule has 5 heteroatoms. The monoisotopic (exact) mass is 397 g/mol. The van der Waals surface area contributed by atoms with Gasteiger partial charge in [0.2, 0.25) is 0 Å². The van der Waals surface area contributed by atoms with Crippen LogP contribution in [0.15, 0.2) is 36.4 Å². The molecule has 1 unspecified atom stereocenters. The number of amides is 1. The zero-order chi connectivity index (χ0) is 21.0.